The number of hydrogen-bond donors (Lipinski definition) is 2. The molecule has 0 bridgehead atoms. The van der Waals surface area contributed by atoms with Gasteiger partial charge in [-0.25, -0.2) is 0 Å². The smallest absolute Gasteiger partial charge is 0.0467 e. The Morgan fingerprint density at radius 1 is 1.13 bits per heavy atom. The molecule has 0 aliphatic carbocycles. The van der Waals surface area contributed by atoms with E-state index in [2.05, 4.69) is 31.4 Å². The van der Waals surface area contributed by atoms with E-state index in [1.165, 1.54) is 6.42 Å². The summed E-state index contributed by atoms with van der Waals surface area (Å²) >= 11 is 0. The van der Waals surface area contributed by atoms with Crippen LogP contribution >= 0.6 is 0 Å². The zero-order valence-electron chi connectivity index (χ0n) is 10.9. The summed E-state index contributed by atoms with van der Waals surface area (Å²) in [5, 5.41) is 6.82. The standard InChI is InChI=1S/C12H28N2O/c1-5-13-8-6-9-14-11-12(2,3)7-10-15-4/h13-14H,5-11H2,1-4H3. The number of nitrogens with one attached hydrogen (secondary N) is 2. The normalized spacial score (nSPS) is 12.0. The molecule has 0 saturated carbocycles. The molecule has 0 atom stereocenters. The minimum absolute atomic E-state index is 0.341. The molecule has 0 aliphatic heterocycles. The van der Waals surface area contributed by atoms with E-state index < -0.39 is 0 Å². The number of hydrogen-bond acceptors (Lipinski definition) is 3. The number of methoxy groups -OCH3 is 1. The van der Waals surface area contributed by atoms with E-state index in [9.17, 15) is 0 Å². The van der Waals surface area contributed by atoms with Crippen LogP contribution in [0.25, 0.3) is 0 Å². The quantitative estimate of drug-likeness (QED) is 0.545. The van der Waals surface area contributed by atoms with Gasteiger partial charge in [-0.05, 0) is 37.9 Å². The maximum Gasteiger partial charge on any atom is 0.0467 e. The zero-order chi connectivity index (χ0) is 11.6. The van der Waals surface area contributed by atoms with Crippen molar-refractivity contribution in [3.05, 3.63) is 0 Å². The Balaban J connectivity index is 3.32. The van der Waals surface area contributed by atoms with Crippen molar-refractivity contribution in [3.63, 3.8) is 0 Å². The van der Waals surface area contributed by atoms with Gasteiger partial charge in [0.15, 0.2) is 0 Å². The van der Waals surface area contributed by atoms with Crippen LogP contribution in [0.4, 0.5) is 0 Å². The summed E-state index contributed by atoms with van der Waals surface area (Å²) < 4.78 is 5.10. The lowest BCUT2D eigenvalue weighted by Crippen LogP contribution is -2.32. The molecule has 0 fully saturated rings. The van der Waals surface area contributed by atoms with Crippen LogP contribution < -0.4 is 10.6 Å². The predicted molar refractivity (Wildman–Crippen MR) is 66.3 cm³/mol. The molecule has 92 valence electrons. The fourth-order valence-corrected chi connectivity index (χ4v) is 1.41. The predicted octanol–water partition coefficient (Wildman–Crippen LogP) is 1.64. The highest BCUT2D eigenvalue weighted by Crippen LogP contribution is 2.18. The van der Waals surface area contributed by atoms with E-state index in [0.29, 0.717) is 5.41 Å². The Kier molecular flexibility index (Phi) is 9.06. The van der Waals surface area contributed by atoms with Gasteiger partial charge in [-0.2, -0.15) is 0 Å². The van der Waals surface area contributed by atoms with E-state index in [0.717, 1.165) is 39.2 Å². The molecule has 0 rings (SSSR count). The molecule has 2 N–H and O–H groups in total. The van der Waals surface area contributed by atoms with Crippen LogP contribution in [0.5, 0.6) is 0 Å². The molecule has 3 nitrogen and oxygen atoms in total. The van der Waals surface area contributed by atoms with Crippen LogP contribution in [0.1, 0.15) is 33.6 Å². The second-order valence-electron chi connectivity index (χ2n) is 4.79. The fourth-order valence-electron chi connectivity index (χ4n) is 1.41. The van der Waals surface area contributed by atoms with E-state index in [1.54, 1.807) is 7.11 Å². The Morgan fingerprint density at radius 3 is 2.40 bits per heavy atom. The number of ether oxygens (including phenoxy) is 1. The van der Waals surface area contributed by atoms with E-state index in [1.807, 2.05) is 0 Å². The maximum atomic E-state index is 5.10. The largest absolute Gasteiger partial charge is 0.385 e. The van der Waals surface area contributed by atoms with Gasteiger partial charge in [0.05, 0.1) is 0 Å². The van der Waals surface area contributed by atoms with E-state index in [-0.39, 0.29) is 0 Å². The lowest BCUT2D eigenvalue weighted by molar-refractivity contribution is 0.151. The van der Waals surface area contributed by atoms with Gasteiger partial charge in [0.25, 0.3) is 0 Å². The van der Waals surface area contributed by atoms with Gasteiger partial charge in [-0.3, -0.25) is 0 Å². The van der Waals surface area contributed by atoms with Crippen molar-refractivity contribution >= 4 is 0 Å². The average molecular weight is 216 g/mol. The van der Waals surface area contributed by atoms with Crippen LogP contribution in [0.2, 0.25) is 0 Å². The molecule has 0 spiro atoms. The molecule has 3 heteroatoms. The second-order valence-corrected chi connectivity index (χ2v) is 4.79. The summed E-state index contributed by atoms with van der Waals surface area (Å²) in [6, 6.07) is 0. The summed E-state index contributed by atoms with van der Waals surface area (Å²) in [4.78, 5) is 0. The zero-order valence-corrected chi connectivity index (χ0v) is 10.9. The molecule has 0 aromatic heterocycles. The third kappa shape index (κ3) is 10.2. The molecular formula is C12H28N2O. The topological polar surface area (TPSA) is 33.3 Å². The highest BCUT2D eigenvalue weighted by molar-refractivity contribution is 4.71. The Labute approximate surface area is 95.0 Å². The molecule has 0 heterocycles. The van der Waals surface area contributed by atoms with Crippen molar-refractivity contribution in [2.45, 2.75) is 33.6 Å². The minimum atomic E-state index is 0.341. The minimum Gasteiger partial charge on any atom is -0.385 e. The van der Waals surface area contributed by atoms with Crippen molar-refractivity contribution in [1.82, 2.24) is 10.6 Å². The summed E-state index contributed by atoms with van der Waals surface area (Å²) in [5.41, 5.74) is 0.341. The van der Waals surface area contributed by atoms with Crippen molar-refractivity contribution in [1.29, 1.82) is 0 Å². The first-order valence-corrected chi connectivity index (χ1v) is 6.03. The fraction of sp³-hybridized carbons (Fsp3) is 1.00. The Hall–Kier alpha value is -0.120. The monoisotopic (exact) mass is 216 g/mol. The Morgan fingerprint density at radius 2 is 1.80 bits per heavy atom. The van der Waals surface area contributed by atoms with Gasteiger partial charge in [-0.15, -0.1) is 0 Å². The summed E-state index contributed by atoms with van der Waals surface area (Å²) in [6.45, 7) is 11.9. The maximum absolute atomic E-state index is 5.10. The summed E-state index contributed by atoms with van der Waals surface area (Å²) in [6.07, 6.45) is 2.32. The van der Waals surface area contributed by atoms with Crippen LogP contribution in [-0.2, 0) is 4.74 Å². The molecule has 15 heavy (non-hydrogen) atoms. The lowest BCUT2D eigenvalue weighted by Gasteiger charge is -2.24. The molecule has 0 aromatic carbocycles. The first-order valence-electron chi connectivity index (χ1n) is 6.03. The third-order valence-corrected chi connectivity index (χ3v) is 2.54. The molecule has 0 unspecified atom stereocenters. The second kappa shape index (κ2) is 9.13. The van der Waals surface area contributed by atoms with Crippen LogP contribution in [-0.4, -0.2) is 39.9 Å². The highest BCUT2D eigenvalue weighted by atomic mass is 16.5. The molecule has 0 radical (unpaired) electrons. The molecule has 0 saturated heterocycles. The summed E-state index contributed by atoms with van der Waals surface area (Å²) in [5.74, 6) is 0. The van der Waals surface area contributed by atoms with Gasteiger partial charge < -0.3 is 15.4 Å². The first-order chi connectivity index (χ1) is 7.12. The van der Waals surface area contributed by atoms with Crippen molar-refractivity contribution < 1.29 is 4.74 Å². The van der Waals surface area contributed by atoms with Gasteiger partial charge in [-0.1, -0.05) is 20.8 Å². The third-order valence-electron chi connectivity index (χ3n) is 2.54. The van der Waals surface area contributed by atoms with Crippen molar-refractivity contribution in [3.8, 4) is 0 Å². The van der Waals surface area contributed by atoms with Crippen LogP contribution in [0.3, 0.4) is 0 Å². The summed E-state index contributed by atoms with van der Waals surface area (Å²) in [7, 11) is 1.76. The van der Waals surface area contributed by atoms with Gasteiger partial charge in [0.1, 0.15) is 0 Å². The van der Waals surface area contributed by atoms with Crippen LogP contribution in [0, 0.1) is 5.41 Å². The van der Waals surface area contributed by atoms with Gasteiger partial charge >= 0.3 is 0 Å². The molecule has 0 aliphatic rings. The highest BCUT2D eigenvalue weighted by Gasteiger charge is 2.16. The van der Waals surface area contributed by atoms with Crippen LogP contribution in [0.15, 0.2) is 0 Å². The van der Waals surface area contributed by atoms with Crippen molar-refractivity contribution in [2.24, 2.45) is 5.41 Å². The van der Waals surface area contributed by atoms with Crippen molar-refractivity contribution in [2.75, 3.05) is 39.9 Å². The Bertz CT molecular complexity index is 138. The van der Waals surface area contributed by atoms with Gasteiger partial charge in [0, 0.05) is 20.3 Å². The molecular weight excluding hydrogens is 188 g/mol. The van der Waals surface area contributed by atoms with E-state index >= 15 is 0 Å². The molecule has 0 amide bonds. The number of rotatable bonds is 10. The van der Waals surface area contributed by atoms with Gasteiger partial charge in [0.2, 0.25) is 0 Å². The molecule has 0 aromatic rings. The SMILES string of the molecule is CCNCCCNCC(C)(C)CCOC. The average Bonchev–Trinajstić information content (AvgIpc) is 2.20. The first kappa shape index (κ1) is 14.9. The van der Waals surface area contributed by atoms with E-state index in [4.69, 9.17) is 4.74 Å². The lowest BCUT2D eigenvalue weighted by atomic mass is 9.90.